The Morgan fingerprint density at radius 2 is 1.77 bits per heavy atom. The van der Waals surface area contributed by atoms with E-state index < -0.39 is 33.8 Å². The Kier molecular flexibility index (Phi) is 7.77. The third-order valence-electron chi connectivity index (χ3n) is 3.84. The normalized spacial score (nSPS) is 13.1. The number of carbonyl (C=O) groups excluding carboxylic acids is 2. The standard InChI is InChI=1S/C18H27NO6S/c1-6-13(2)17(21)19-18(3,4)12-26(22,23)25-11-16(20)14-7-9-15(24-5)10-8-14/h7-10,13H,6,11-12H2,1-5H3,(H,19,21). The lowest BCUT2D eigenvalue weighted by Crippen LogP contribution is -2.50. The van der Waals surface area contributed by atoms with Crippen LogP contribution in [0.3, 0.4) is 0 Å². The highest BCUT2D eigenvalue weighted by Crippen LogP contribution is 2.14. The minimum atomic E-state index is -3.99. The van der Waals surface area contributed by atoms with E-state index in [-0.39, 0.29) is 11.8 Å². The van der Waals surface area contributed by atoms with Crippen LogP contribution in [-0.2, 0) is 19.1 Å². The van der Waals surface area contributed by atoms with Crippen molar-refractivity contribution in [2.45, 2.75) is 39.7 Å². The molecule has 0 heterocycles. The Hall–Kier alpha value is -1.93. The molecule has 0 aromatic heterocycles. The van der Waals surface area contributed by atoms with Gasteiger partial charge in [-0.15, -0.1) is 0 Å². The quantitative estimate of drug-likeness (QED) is 0.489. The highest BCUT2D eigenvalue weighted by Gasteiger charge is 2.30. The first-order chi connectivity index (χ1) is 12.0. The number of hydrogen-bond acceptors (Lipinski definition) is 6. The smallest absolute Gasteiger partial charge is 0.270 e. The maximum Gasteiger partial charge on any atom is 0.270 e. The van der Waals surface area contributed by atoms with Crippen LogP contribution in [0.2, 0.25) is 0 Å². The zero-order valence-electron chi connectivity index (χ0n) is 15.9. The number of ether oxygens (including phenoxy) is 1. The lowest BCUT2D eigenvalue weighted by molar-refractivity contribution is -0.125. The van der Waals surface area contributed by atoms with Gasteiger partial charge in [-0.05, 0) is 44.5 Å². The van der Waals surface area contributed by atoms with E-state index in [0.29, 0.717) is 17.7 Å². The van der Waals surface area contributed by atoms with E-state index in [1.165, 1.54) is 19.2 Å². The van der Waals surface area contributed by atoms with E-state index in [9.17, 15) is 18.0 Å². The van der Waals surface area contributed by atoms with Crippen LogP contribution in [0.1, 0.15) is 44.5 Å². The van der Waals surface area contributed by atoms with Crippen LogP contribution in [-0.4, -0.2) is 45.1 Å². The van der Waals surface area contributed by atoms with E-state index in [0.717, 1.165) is 0 Å². The molecule has 1 N–H and O–H groups in total. The SMILES string of the molecule is CCC(C)C(=O)NC(C)(C)CS(=O)(=O)OCC(=O)c1ccc(OC)cc1. The molecule has 1 unspecified atom stereocenters. The number of amides is 1. The molecule has 8 heteroatoms. The molecule has 1 atom stereocenters. The Balaban J connectivity index is 2.64. The molecular formula is C18H27NO6S. The number of rotatable bonds is 10. The zero-order chi connectivity index (χ0) is 20.0. The predicted octanol–water partition coefficient (Wildman–Crippen LogP) is 2.17. The molecule has 0 bridgehead atoms. The Morgan fingerprint density at radius 1 is 1.19 bits per heavy atom. The fraction of sp³-hybridized carbons (Fsp3) is 0.556. The van der Waals surface area contributed by atoms with Gasteiger partial charge in [0, 0.05) is 11.5 Å². The molecule has 0 saturated heterocycles. The van der Waals surface area contributed by atoms with Crippen LogP contribution in [0.15, 0.2) is 24.3 Å². The van der Waals surface area contributed by atoms with Crippen molar-refractivity contribution in [3.63, 3.8) is 0 Å². The van der Waals surface area contributed by atoms with E-state index in [1.54, 1.807) is 32.9 Å². The summed E-state index contributed by atoms with van der Waals surface area (Å²) in [6.07, 6.45) is 0.654. The molecule has 0 radical (unpaired) electrons. The van der Waals surface area contributed by atoms with Crippen molar-refractivity contribution >= 4 is 21.8 Å². The van der Waals surface area contributed by atoms with Crippen LogP contribution in [0.25, 0.3) is 0 Å². The highest BCUT2D eigenvalue weighted by molar-refractivity contribution is 7.86. The maximum atomic E-state index is 12.2. The number of benzene rings is 1. The van der Waals surface area contributed by atoms with Gasteiger partial charge in [-0.1, -0.05) is 13.8 Å². The Bertz CT molecular complexity index is 725. The molecule has 1 rings (SSSR count). The highest BCUT2D eigenvalue weighted by atomic mass is 32.2. The van der Waals surface area contributed by atoms with Crippen molar-refractivity contribution < 1.29 is 26.9 Å². The molecule has 1 amide bonds. The van der Waals surface area contributed by atoms with E-state index >= 15 is 0 Å². The molecule has 0 aliphatic rings. The summed E-state index contributed by atoms with van der Waals surface area (Å²) in [5, 5.41) is 2.70. The van der Waals surface area contributed by atoms with E-state index in [4.69, 9.17) is 8.92 Å². The average molecular weight is 385 g/mol. The Morgan fingerprint density at radius 3 is 2.27 bits per heavy atom. The summed E-state index contributed by atoms with van der Waals surface area (Å²) in [5.41, 5.74) is -0.687. The molecule has 0 fully saturated rings. The van der Waals surface area contributed by atoms with E-state index in [2.05, 4.69) is 5.32 Å². The van der Waals surface area contributed by atoms with Crippen LogP contribution < -0.4 is 10.1 Å². The predicted molar refractivity (Wildman–Crippen MR) is 98.7 cm³/mol. The van der Waals surface area contributed by atoms with Gasteiger partial charge >= 0.3 is 0 Å². The van der Waals surface area contributed by atoms with Crippen molar-refractivity contribution in [3.8, 4) is 5.75 Å². The molecule has 0 spiro atoms. The fourth-order valence-electron chi connectivity index (χ4n) is 2.17. The van der Waals surface area contributed by atoms with Gasteiger partial charge in [0.05, 0.1) is 18.4 Å². The number of methoxy groups -OCH3 is 1. The van der Waals surface area contributed by atoms with Crippen LogP contribution in [0.5, 0.6) is 5.75 Å². The van der Waals surface area contributed by atoms with E-state index in [1.807, 2.05) is 6.92 Å². The van der Waals surface area contributed by atoms with Crippen LogP contribution in [0, 0.1) is 5.92 Å². The number of carbonyl (C=O) groups is 2. The summed E-state index contributed by atoms with van der Waals surface area (Å²) in [4.78, 5) is 24.0. The van der Waals surface area contributed by atoms with Gasteiger partial charge in [0.1, 0.15) is 12.4 Å². The van der Waals surface area contributed by atoms with Gasteiger partial charge in [-0.3, -0.25) is 13.8 Å². The third kappa shape index (κ3) is 7.13. The minimum Gasteiger partial charge on any atom is -0.497 e. The molecule has 1 aromatic carbocycles. The van der Waals surface area contributed by atoms with Gasteiger partial charge in [-0.25, -0.2) is 0 Å². The molecule has 0 saturated carbocycles. The first kappa shape index (κ1) is 22.1. The Labute approximate surface area is 155 Å². The van der Waals surface area contributed by atoms with Crippen molar-refractivity contribution in [1.29, 1.82) is 0 Å². The van der Waals surface area contributed by atoms with Crippen molar-refractivity contribution in [3.05, 3.63) is 29.8 Å². The topological polar surface area (TPSA) is 98.8 Å². The lowest BCUT2D eigenvalue weighted by Gasteiger charge is -2.27. The molecule has 26 heavy (non-hydrogen) atoms. The second-order valence-corrected chi connectivity index (χ2v) is 8.44. The molecule has 7 nitrogen and oxygen atoms in total. The van der Waals surface area contributed by atoms with Gasteiger partial charge in [0.15, 0.2) is 5.78 Å². The first-order valence-electron chi connectivity index (χ1n) is 8.36. The number of ketones is 1. The second kappa shape index (κ2) is 9.14. The number of hydrogen-bond donors (Lipinski definition) is 1. The molecule has 146 valence electrons. The minimum absolute atomic E-state index is 0.213. The van der Waals surface area contributed by atoms with Crippen LogP contribution >= 0.6 is 0 Å². The van der Waals surface area contributed by atoms with Crippen LogP contribution in [0.4, 0.5) is 0 Å². The summed E-state index contributed by atoms with van der Waals surface area (Å²) in [7, 11) is -2.49. The maximum absolute atomic E-state index is 12.2. The molecule has 0 aliphatic carbocycles. The lowest BCUT2D eigenvalue weighted by atomic mass is 10.0. The van der Waals surface area contributed by atoms with Crippen molar-refractivity contribution in [2.75, 3.05) is 19.5 Å². The molecule has 0 aliphatic heterocycles. The summed E-state index contributed by atoms with van der Waals surface area (Å²) in [6, 6.07) is 6.28. The van der Waals surface area contributed by atoms with Gasteiger partial charge in [-0.2, -0.15) is 8.42 Å². The fourth-order valence-corrected chi connectivity index (χ4v) is 3.49. The number of nitrogens with one attached hydrogen (secondary N) is 1. The van der Waals surface area contributed by atoms with Gasteiger partial charge < -0.3 is 10.1 Å². The van der Waals surface area contributed by atoms with Crippen molar-refractivity contribution in [1.82, 2.24) is 5.32 Å². The summed E-state index contributed by atoms with van der Waals surface area (Å²) >= 11 is 0. The summed E-state index contributed by atoms with van der Waals surface area (Å²) < 4.78 is 34.2. The largest absolute Gasteiger partial charge is 0.497 e. The average Bonchev–Trinajstić information content (AvgIpc) is 2.57. The monoisotopic (exact) mass is 385 g/mol. The second-order valence-electron chi connectivity index (χ2n) is 6.80. The third-order valence-corrected chi connectivity index (χ3v) is 5.39. The summed E-state index contributed by atoms with van der Waals surface area (Å²) in [6.45, 7) is 6.24. The van der Waals surface area contributed by atoms with Gasteiger partial charge in [0.25, 0.3) is 10.1 Å². The zero-order valence-corrected chi connectivity index (χ0v) is 16.7. The van der Waals surface area contributed by atoms with Crippen molar-refractivity contribution in [2.24, 2.45) is 5.92 Å². The summed E-state index contributed by atoms with van der Waals surface area (Å²) in [5.74, 6) is -0.735. The number of Topliss-reactive ketones (excluding diaryl/α,β-unsaturated/α-hetero) is 1. The first-order valence-corrected chi connectivity index (χ1v) is 9.94. The van der Waals surface area contributed by atoms with Gasteiger partial charge in [0.2, 0.25) is 5.91 Å². The molecule has 1 aromatic rings. The molecular weight excluding hydrogens is 358 g/mol.